The van der Waals surface area contributed by atoms with Gasteiger partial charge in [0.2, 0.25) is 5.91 Å². The fourth-order valence-corrected chi connectivity index (χ4v) is 2.72. The fraction of sp³-hybridized carbons (Fsp3) is 0.588. The van der Waals surface area contributed by atoms with Gasteiger partial charge in [0.25, 0.3) is 0 Å². The summed E-state index contributed by atoms with van der Waals surface area (Å²) in [6.07, 6.45) is -0.0174. The fourth-order valence-electron chi connectivity index (χ4n) is 2.72. The Morgan fingerprint density at radius 3 is 2.73 bits per heavy atom. The van der Waals surface area contributed by atoms with Crippen molar-refractivity contribution < 1.29 is 14.3 Å². The molecule has 0 saturated carbocycles. The molecular formula is C17H26N2O3. The Kier molecular flexibility index (Phi) is 5.56. The monoisotopic (exact) mass is 306 g/mol. The zero-order valence-electron chi connectivity index (χ0n) is 13.6. The summed E-state index contributed by atoms with van der Waals surface area (Å²) in [5.41, 5.74) is 6.40. The number of hydrogen-bond acceptors (Lipinski definition) is 4. The van der Waals surface area contributed by atoms with E-state index in [2.05, 4.69) is 0 Å². The predicted molar refractivity (Wildman–Crippen MR) is 85.4 cm³/mol. The van der Waals surface area contributed by atoms with Gasteiger partial charge in [-0.15, -0.1) is 0 Å². The van der Waals surface area contributed by atoms with Crippen LogP contribution in [-0.4, -0.2) is 49.3 Å². The van der Waals surface area contributed by atoms with Crippen molar-refractivity contribution in [2.75, 3.05) is 26.8 Å². The van der Waals surface area contributed by atoms with Crippen molar-refractivity contribution in [3.8, 4) is 0 Å². The number of nitrogens with two attached hydrogens (primary N) is 1. The number of carbonyl (C=O) groups is 1. The van der Waals surface area contributed by atoms with Gasteiger partial charge in [0.1, 0.15) is 6.10 Å². The number of amides is 1. The van der Waals surface area contributed by atoms with E-state index in [1.807, 2.05) is 49.1 Å². The van der Waals surface area contributed by atoms with E-state index in [1.54, 1.807) is 7.11 Å². The largest absolute Gasteiger partial charge is 0.380 e. The van der Waals surface area contributed by atoms with E-state index in [1.165, 1.54) is 0 Å². The van der Waals surface area contributed by atoms with Gasteiger partial charge in [-0.05, 0) is 19.4 Å². The molecule has 2 rings (SSSR count). The van der Waals surface area contributed by atoms with Gasteiger partial charge in [-0.2, -0.15) is 0 Å². The highest BCUT2D eigenvalue weighted by atomic mass is 16.5. The standard InChI is InChI=1S/C17H26N2O3/c1-17(2)12-22-15(13-7-5-4-6-8-13)11-19(17)16(20)9-14(10-18)21-3/h4-8,14-15H,9-12,18H2,1-3H3. The van der Waals surface area contributed by atoms with E-state index < -0.39 is 0 Å². The zero-order chi connectivity index (χ0) is 16.2. The Bertz CT molecular complexity index is 486. The highest BCUT2D eigenvalue weighted by Gasteiger charge is 2.38. The van der Waals surface area contributed by atoms with E-state index in [4.69, 9.17) is 15.2 Å². The van der Waals surface area contributed by atoms with Gasteiger partial charge in [-0.3, -0.25) is 4.79 Å². The second-order valence-corrected chi connectivity index (χ2v) is 6.32. The van der Waals surface area contributed by atoms with E-state index in [-0.39, 0.29) is 23.7 Å². The molecule has 5 heteroatoms. The number of benzene rings is 1. The topological polar surface area (TPSA) is 64.8 Å². The second kappa shape index (κ2) is 7.22. The molecule has 0 aliphatic carbocycles. The van der Waals surface area contributed by atoms with Crippen molar-refractivity contribution in [1.29, 1.82) is 0 Å². The molecule has 1 aromatic carbocycles. The van der Waals surface area contributed by atoms with Crippen LogP contribution in [0.5, 0.6) is 0 Å². The van der Waals surface area contributed by atoms with Crippen LogP contribution in [0.4, 0.5) is 0 Å². The summed E-state index contributed by atoms with van der Waals surface area (Å²) >= 11 is 0. The number of morpholine rings is 1. The summed E-state index contributed by atoms with van der Waals surface area (Å²) in [5.74, 6) is 0.0616. The lowest BCUT2D eigenvalue weighted by Crippen LogP contribution is -2.56. The molecule has 5 nitrogen and oxygen atoms in total. The van der Waals surface area contributed by atoms with Gasteiger partial charge in [0, 0.05) is 13.7 Å². The van der Waals surface area contributed by atoms with Crippen LogP contribution >= 0.6 is 0 Å². The van der Waals surface area contributed by atoms with Crippen LogP contribution in [0.25, 0.3) is 0 Å². The average Bonchev–Trinajstić information content (AvgIpc) is 2.53. The molecule has 1 aliphatic heterocycles. The molecule has 2 unspecified atom stereocenters. The average molecular weight is 306 g/mol. The minimum atomic E-state index is -0.324. The summed E-state index contributed by atoms with van der Waals surface area (Å²) in [7, 11) is 1.59. The molecule has 1 aliphatic rings. The highest BCUT2D eigenvalue weighted by molar-refractivity contribution is 5.77. The first-order valence-corrected chi connectivity index (χ1v) is 7.68. The van der Waals surface area contributed by atoms with E-state index in [0.29, 0.717) is 26.1 Å². The third-order valence-corrected chi connectivity index (χ3v) is 4.19. The molecule has 22 heavy (non-hydrogen) atoms. The number of nitrogens with zero attached hydrogens (tertiary/aromatic N) is 1. The van der Waals surface area contributed by atoms with Gasteiger partial charge < -0.3 is 20.1 Å². The number of rotatable bonds is 5. The summed E-state index contributed by atoms with van der Waals surface area (Å²) in [6, 6.07) is 10.0. The van der Waals surface area contributed by atoms with E-state index >= 15 is 0 Å². The molecular weight excluding hydrogens is 280 g/mol. The van der Waals surface area contributed by atoms with Gasteiger partial charge in [0.15, 0.2) is 0 Å². The number of hydrogen-bond donors (Lipinski definition) is 1. The normalized spacial score (nSPS) is 22.4. The molecule has 122 valence electrons. The maximum absolute atomic E-state index is 12.7. The minimum absolute atomic E-state index is 0.0616. The SMILES string of the molecule is COC(CN)CC(=O)N1CC(c2ccccc2)OCC1(C)C. The van der Waals surface area contributed by atoms with E-state index in [9.17, 15) is 4.79 Å². The molecule has 1 heterocycles. The van der Waals surface area contributed by atoms with Crippen molar-refractivity contribution in [3.63, 3.8) is 0 Å². The third-order valence-electron chi connectivity index (χ3n) is 4.19. The molecule has 2 atom stereocenters. The van der Waals surface area contributed by atoms with Crippen LogP contribution in [0.1, 0.15) is 31.9 Å². The summed E-state index contributed by atoms with van der Waals surface area (Å²) < 4.78 is 11.2. The first kappa shape index (κ1) is 16.9. The van der Waals surface area contributed by atoms with Gasteiger partial charge in [-0.25, -0.2) is 0 Å². The molecule has 1 saturated heterocycles. The lowest BCUT2D eigenvalue weighted by Gasteiger charge is -2.45. The predicted octanol–water partition coefficient (Wildman–Crippen LogP) is 1.73. The third kappa shape index (κ3) is 3.85. The Labute approximate surface area is 132 Å². The quantitative estimate of drug-likeness (QED) is 0.900. The van der Waals surface area contributed by atoms with Gasteiger partial charge >= 0.3 is 0 Å². The summed E-state index contributed by atoms with van der Waals surface area (Å²) in [6.45, 7) is 5.46. The number of carbonyl (C=O) groups excluding carboxylic acids is 1. The smallest absolute Gasteiger partial charge is 0.225 e. The van der Waals surface area contributed by atoms with Crippen LogP contribution < -0.4 is 5.73 Å². The Hall–Kier alpha value is -1.43. The molecule has 1 fully saturated rings. The lowest BCUT2D eigenvalue weighted by atomic mass is 9.97. The molecule has 0 spiro atoms. The lowest BCUT2D eigenvalue weighted by molar-refractivity contribution is -0.157. The van der Waals surface area contributed by atoms with Crippen LogP contribution in [0.15, 0.2) is 30.3 Å². The Morgan fingerprint density at radius 1 is 1.45 bits per heavy atom. The Balaban J connectivity index is 2.11. The zero-order valence-corrected chi connectivity index (χ0v) is 13.6. The van der Waals surface area contributed by atoms with Gasteiger partial charge in [0.05, 0.1) is 31.2 Å². The van der Waals surface area contributed by atoms with Crippen molar-refractivity contribution in [2.45, 2.75) is 38.0 Å². The van der Waals surface area contributed by atoms with Crippen LogP contribution in [0.3, 0.4) is 0 Å². The van der Waals surface area contributed by atoms with Crippen LogP contribution in [0, 0.1) is 0 Å². The molecule has 1 amide bonds. The summed E-state index contributed by atoms with van der Waals surface area (Å²) in [5, 5.41) is 0. The number of ether oxygens (including phenoxy) is 2. The van der Waals surface area contributed by atoms with Crippen molar-refractivity contribution >= 4 is 5.91 Å². The van der Waals surface area contributed by atoms with Gasteiger partial charge in [-0.1, -0.05) is 30.3 Å². The first-order valence-electron chi connectivity index (χ1n) is 7.68. The van der Waals surface area contributed by atoms with Crippen LogP contribution in [0.2, 0.25) is 0 Å². The van der Waals surface area contributed by atoms with Crippen LogP contribution in [-0.2, 0) is 14.3 Å². The van der Waals surface area contributed by atoms with E-state index in [0.717, 1.165) is 5.56 Å². The molecule has 0 radical (unpaired) electrons. The summed E-state index contributed by atoms with van der Waals surface area (Å²) in [4.78, 5) is 14.6. The molecule has 1 aromatic rings. The maximum Gasteiger partial charge on any atom is 0.225 e. The molecule has 0 bridgehead atoms. The van der Waals surface area contributed by atoms with Crippen molar-refractivity contribution in [2.24, 2.45) is 5.73 Å². The second-order valence-electron chi connectivity index (χ2n) is 6.32. The highest BCUT2D eigenvalue weighted by Crippen LogP contribution is 2.30. The first-order chi connectivity index (χ1) is 10.5. The number of methoxy groups -OCH3 is 1. The molecule has 2 N–H and O–H groups in total. The van der Waals surface area contributed by atoms with Crippen molar-refractivity contribution in [1.82, 2.24) is 4.90 Å². The van der Waals surface area contributed by atoms with Crippen molar-refractivity contribution in [3.05, 3.63) is 35.9 Å². The molecule has 0 aromatic heterocycles. The Morgan fingerprint density at radius 2 is 2.14 bits per heavy atom. The minimum Gasteiger partial charge on any atom is -0.380 e. The maximum atomic E-state index is 12.7.